The monoisotopic (exact) mass is 362 g/mol. The maximum Gasteiger partial charge on any atom is 0.223 e. The van der Waals surface area contributed by atoms with Gasteiger partial charge in [-0.1, -0.05) is 42.5 Å². The first-order valence-corrected chi connectivity index (χ1v) is 9.70. The van der Waals surface area contributed by atoms with E-state index in [1.54, 1.807) is 0 Å². The minimum atomic E-state index is 0.0484. The van der Waals surface area contributed by atoms with Gasteiger partial charge < -0.3 is 10.3 Å². The molecule has 1 atom stereocenters. The predicted molar refractivity (Wildman–Crippen MR) is 107 cm³/mol. The van der Waals surface area contributed by atoms with Crippen molar-refractivity contribution in [2.24, 2.45) is 5.92 Å². The molecule has 2 N–H and O–H groups in total. The van der Waals surface area contributed by atoms with Gasteiger partial charge in [0.15, 0.2) is 0 Å². The van der Waals surface area contributed by atoms with Crippen molar-refractivity contribution in [3.8, 4) is 0 Å². The first kappa shape index (κ1) is 17.7. The van der Waals surface area contributed by atoms with Crippen LogP contribution in [0.15, 0.2) is 54.6 Å². The number of carbonyl (C=O) groups excluding carboxylic acids is 1. The Morgan fingerprint density at radius 3 is 2.59 bits per heavy atom. The fraction of sp³-hybridized carbons (Fsp3) is 0.364. The highest BCUT2D eigenvalue weighted by Gasteiger charge is 2.26. The first-order chi connectivity index (χ1) is 13.2. The predicted octanol–water partition coefficient (Wildman–Crippen LogP) is 3.65. The van der Waals surface area contributed by atoms with E-state index in [2.05, 4.69) is 38.4 Å². The summed E-state index contributed by atoms with van der Waals surface area (Å²) in [6, 6.07) is 18.3. The fourth-order valence-corrected chi connectivity index (χ4v) is 3.80. The Morgan fingerprint density at radius 1 is 1.15 bits per heavy atom. The molecule has 1 aliphatic heterocycles. The van der Waals surface area contributed by atoms with Crippen LogP contribution in [0.3, 0.4) is 0 Å². The molecule has 0 spiro atoms. The molecular weight excluding hydrogens is 336 g/mol. The molecule has 5 heteroatoms. The number of benzene rings is 2. The molecule has 0 saturated carbocycles. The molecule has 1 fully saturated rings. The van der Waals surface area contributed by atoms with E-state index in [0.717, 1.165) is 54.9 Å². The largest absolute Gasteiger partial charge is 0.349 e. The second-order valence-corrected chi connectivity index (χ2v) is 7.39. The lowest BCUT2D eigenvalue weighted by Crippen LogP contribution is -2.41. The topological polar surface area (TPSA) is 61.0 Å². The Hall–Kier alpha value is -2.66. The molecule has 4 rings (SSSR count). The number of likely N-dealkylation sites (tertiary alicyclic amines) is 1. The van der Waals surface area contributed by atoms with Crippen molar-refractivity contribution in [1.82, 2.24) is 20.2 Å². The van der Waals surface area contributed by atoms with Crippen molar-refractivity contribution < 1.29 is 4.79 Å². The first-order valence-electron chi connectivity index (χ1n) is 9.70. The summed E-state index contributed by atoms with van der Waals surface area (Å²) in [6.07, 6.45) is 1.79. The Bertz CT molecular complexity index is 864. The molecule has 0 radical (unpaired) electrons. The number of aromatic nitrogens is 2. The van der Waals surface area contributed by atoms with Crippen LogP contribution < -0.4 is 5.32 Å². The lowest BCUT2D eigenvalue weighted by Gasteiger charge is -2.31. The van der Waals surface area contributed by atoms with Crippen LogP contribution in [-0.2, 0) is 11.3 Å². The number of aromatic amines is 1. The molecule has 5 nitrogen and oxygen atoms in total. The number of para-hydroxylation sites is 2. The third-order valence-electron chi connectivity index (χ3n) is 5.43. The van der Waals surface area contributed by atoms with Gasteiger partial charge in [0.2, 0.25) is 5.91 Å². The maximum absolute atomic E-state index is 12.6. The zero-order chi connectivity index (χ0) is 18.6. The Balaban J connectivity index is 1.28. The van der Waals surface area contributed by atoms with Crippen molar-refractivity contribution in [2.45, 2.75) is 32.4 Å². The van der Waals surface area contributed by atoms with E-state index in [9.17, 15) is 4.79 Å². The average molecular weight is 362 g/mol. The fourth-order valence-electron chi connectivity index (χ4n) is 3.80. The summed E-state index contributed by atoms with van der Waals surface area (Å²) in [7, 11) is 0. The third-order valence-corrected chi connectivity index (χ3v) is 5.43. The summed E-state index contributed by atoms with van der Waals surface area (Å²) >= 11 is 0. The van der Waals surface area contributed by atoms with Crippen molar-refractivity contribution in [1.29, 1.82) is 0 Å². The minimum Gasteiger partial charge on any atom is -0.349 e. The number of amides is 1. The van der Waals surface area contributed by atoms with Gasteiger partial charge in [0.1, 0.15) is 5.82 Å². The van der Waals surface area contributed by atoms with Gasteiger partial charge in [-0.2, -0.15) is 0 Å². The van der Waals surface area contributed by atoms with Gasteiger partial charge in [-0.15, -0.1) is 0 Å². The number of imidazole rings is 1. The normalized spacial score (nSPS) is 17.1. The van der Waals surface area contributed by atoms with Crippen LogP contribution in [0.4, 0.5) is 0 Å². The maximum atomic E-state index is 12.6. The molecule has 1 aliphatic rings. The number of H-pyrrole nitrogens is 1. The van der Waals surface area contributed by atoms with Crippen LogP contribution in [0.5, 0.6) is 0 Å². The molecule has 27 heavy (non-hydrogen) atoms. The summed E-state index contributed by atoms with van der Waals surface area (Å²) in [5.74, 6) is 1.27. The van der Waals surface area contributed by atoms with Gasteiger partial charge in [0.25, 0.3) is 0 Å². The lowest BCUT2D eigenvalue weighted by atomic mass is 9.95. The van der Waals surface area contributed by atoms with Gasteiger partial charge in [-0.3, -0.25) is 9.69 Å². The molecule has 0 bridgehead atoms. The minimum absolute atomic E-state index is 0.0484. The molecule has 2 heterocycles. The molecule has 0 unspecified atom stereocenters. The Morgan fingerprint density at radius 2 is 1.85 bits per heavy atom. The van der Waals surface area contributed by atoms with Gasteiger partial charge in [0, 0.05) is 5.92 Å². The number of fused-ring (bicyclic) bond motifs is 1. The zero-order valence-electron chi connectivity index (χ0n) is 15.7. The zero-order valence-corrected chi connectivity index (χ0v) is 15.7. The summed E-state index contributed by atoms with van der Waals surface area (Å²) in [5, 5.41) is 3.17. The van der Waals surface area contributed by atoms with Crippen LogP contribution in [0.25, 0.3) is 11.0 Å². The van der Waals surface area contributed by atoms with Crippen LogP contribution in [0, 0.1) is 5.92 Å². The molecule has 2 aromatic carbocycles. The number of hydrogen-bond acceptors (Lipinski definition) is 3. The summed E-state index contributed by atoms with van der Waals surface area (Å²) in [6.45, 7) is 4.71. The number of rotatable bonds is 5. The molecule has 1 aromatic heterocycles. The Kier molecular flexibility index (Phi) is 5.21. The van der Waals surface area contributed by atoms with E-state index < -0.39 is 0 Å². The van der Waals surface area contributed by atoms with Gasteiger partial charge in [-0.25, -0.2) is 4.98 Å². The molecular formula is C22H26N4O. The highest BCUT2D eigenvalue weighted by Crippen LogP contribution is 2.21. The highest BCUT2D eigenvalue weighted by atomic mass is 16.1. The number of piperidine rings is 1. The van der Waals surface area contributed by atoms with E-state index in [1.165, 1.54) is 0 Å². The average Bonchev–Trinajstić information content (AvgIpc) is 3.11. The number of nitrogens with one attached hydrogen (secondary N) is 2. The molecule has 140 valence electrons. The van der Waals surface area contributed by atoms with Gasteiger partial charge in [0.05, 0.1) is 23.6 Å². The van der Waals surface area contributed by atoms with Crippen molar-refractivity contribution in [3.63, 3.8) is 0 Å². The van der Waals surface area contributed by atoms with Crippen molar-refractivity contribution in [2.75, 3.05) is 13.1 Å². The molecule has 3 aromatic rings. The highest BCUT2D eigenvalue weighted by molar-refractivity contribution is 5.79. The van der Waals surface area contributed by atoms with Gasteiger partial charge >= 0.3 is 0 Å². The van der Waals surface area contributed by atoms with E-state index >= 15 is 0 Å². The van der Waals surface area contributed by atoms with Crippen molar-refractivity contribution in [3.05, 3.63) is 66.0 Å². The SMILES string of the molecule is C[C@H](NC(=O)C1CCN(Cc2nc3ccccc3[nH]2)CC1)c1ccccc1. The third kappa shape index (κ3) is 4.19. The number of hydrogen-bond donors (Lipinski definition) is 2. The molecule has 1 saturated heterocycles. The quantitative estimate of drug-likeness (QED) is 0.728. The summed E-state index contributed by atoms with van der Waals surface area (Å²) in [4.78, 5) is 23.0. The van der Waals surface area contributed by atoms with E-state index in [1.807, 2.05) is 43.3 Å². The number of nitrogens with zero attached hydrogens (tertiary/aromatic N) is 2. The van der Waals surface area contributed by atoms with Crippen LogP contribution in [-0.4, -0.2) is 33.9 Å². The summed E-state index contributed by atoms with van der Waals surface area (Å²) < 4.78 is 0. The van der Waals surface area contributed by atoms with Crippen molar-refractivity contribution >= 4 is 16.9 Å². The van der Waals surface area contributed by atoms with E-state index in [-0.39, 0.29) is 17.9 Å². The lowest BCUT2D eigenvalue weighted by molar-refractivity contribution is -0.127. The Labute approximate surface area is 159 Å². The standard InChI is InChI=1S/C22H26N4O/c1-16(17-7-3-2-4-8-17)23-22(27)18-11-13-26(14-12-18)15-21-24-19-9-5-6-10-20(19)25-21/h2-10,16,18H,11-15H2,1H3,(H,23,27)(H,24,25)/t16-/m0/s1. The number of carbonyl (C=O) groups is 1. The van der Waals surface area contributed by atoms with Crippen LogP contribution >= 0.6 is 0 Å². The van der Waals surface area contributed by atoms with Gasteiger partial charge in [-0.05, 0) is 50.6 Å². The van der Waals surface area contributed by atoms with E-state index in [0.29, 0.717) is 0 Å². The molecule has 1 amide bonds. The second kappa shape index (κ2) is 7.92. The second-order valence-electron chi connectivity index (χ2n) is 7.39. The smallest absolute Gasteiger partial charge is 0.223 e. The van der Waals surface area contributed by atoms with E-state index in [4.69, 9.17) is 0 Å². The molecule has 0 aliphatic carbocycles. The van der Waals surface area contributed by atoms with Crippen LogP contribution in [0.1, 0.15) is 37.2 Å². The van der Waals surface area contributed by atoms with Crippen LogP contribution in [0.2, 0.25) is 0 Å². The summed E-state index contributed by atoms with van der Waals surface area (Å²) in [5.41, 5.74) is 3.24.